The van der Waals surface area contributed by atoms with Gasteiger partial charge in [-0.05, 0) is 26.0 Å². The second-order valence-corrected chi connectivity index (χ2v) is 6.46. The van der Waals surface area contributed by atoms with E-state index in [0.717, 1.165) is 46.2 Å². The maximum Gasteiger partial charge on any atom is 0.162 e. The predicted octanol–water partition coefficient (Wildman–Crippen LogP) is 4.05. The highest BCUT2D eigenvalue weighted by molar-refractivity contribution is 7.17. The minimum Gasteiger partial charge on any atom is -0.485 e. The summed E-state index contributed by atoms with van der Waals surface area (Å²) >= 11 is 1.63. The Balaban J connectivity index is 1.78. The molecule has 1 atom stereocenters. The Morgan fingerprint density at radius 1 is 1.17 bits per heavy atom. The van der Waals surface area contributed by atoms with Gasteiger partial charge in [0.15, 0.2) is 17.6 Å². The van der Waals surface area contributed by atoms with Crippen molar-refractivity contribution in [3.63, 3.8) is 0 Å². The van der Waals surface area contributed by atoms with Crippen molar-refractivity contribution in [3.8, 4) is 11.5 Å². The highest BCUT2D eigenvalue weighted by Gasteiger charge is 2.27. The van der Waals surface area contributed by atoms with Crippen LogP contribution in [0.25, 0.3) is 10.2 Å². The fourth-order valence-corrected chi connectivity index (χ4v) is 4.00. The zero-order valence-electron chi connectivity index (χ0n) is 13.7. The minimum absolute atomic E-state index is 0.144. The molecule has 5 nitrogen and oxygen atoms in total. The van der Waals surface area contributed by atoms with Gasteiger partial charge >= 0.3 is 0 Å². The lowest BCUT2D eigenvalue weighted by Crippen LogP contribution is -2.25. The first-order chi connectivity index (χ1) is 11.8. The van der Waals surface area contributed by atoms with Crippen molar-refractivity contribution >= 4 is 27.4 Å². The van der Waals surface area contributed by atoms with Crippen molar-refractivity contribution in [3.05, 3.63) is 41.5 Å². The molecule has 0 aliphatic carbocycles. The Labute approximate surface area is 144 Å². The third kappa shape index (κ3) is 2.47. The third-order valence-electron chi connectivity index (χ3n) is 4.30. The Morgan fingerprint density at radius 2 is 1.96 bits per heavy atom. The highest BCUT2D eigenvalue weighted by Crippen LogP contribution is 2.41. The minimum atomic E-state index is -0.144. The fraction of sp³-hybridized carbons (Fsp3) is 0.333. The number of ether oxygens (including phenoxy) is 2. The van der Waals surface area contributed by atoms with E-state index < -0.39 is 0 Å². The number of rotatable bonds is 4. The van der Waals surface area contributed by atoms with Crippen LogP contribution in [0.15, 0.2) is 36.0 Å². The number of thiophene rings is 1. The molecule has 1 aromatic carbocycles. The van der Waals surface area contributed by atoms with Gasteiger partial charge in [-0.3, -0.25) is 0 Å². The van der Waals surface area contributed by atoms with Gasteiger partial charge in [-0.1, -0.05) is 12.1 Å². The van der Waals surface area contributed by atoms with E-state index in [0.29, 0.717) is 6.61 Å². The number of fused-ring (bicyclic) bond motifs is 2. The highest BCUT2D eigenvalue weighted by atomic mass is 32.1. The van der Waals surface area contributed by atoms with Crippen LogP contribution in [0.5, 0.6) is 11.5 Å². The van der Waals surface area contributed by atoms with Crippen molar-refractivity contribution < 1.29 is 9.47 Å². The molecule has 124 valence electrons. The van der Waals surface area contributed by atoms with Crippen LogP contribution >= 0.6 is 11.3 Å². The molecule has 0 fully saturated rings. The Kier molecular flexibility index (Phi) is 3.98. The summed E-state index contributed by atoms with van der Waals surface area (Å²) < 4.78 is 12.1. The van der Waals surface area contributed by atoms with Gasteiger partial charge in [0.25, 0.3) is 0 Å². The second-order valence-electron chi connectivity index (χ2n) is 5.60. The molecule has 0 saturated heterocycles. The van der Waals surface area contributed by atoms with Gasteiger partial charge in [-0.2, -0.15) is 0 Å². The molecule has 1 aliphatic heterocycles. The summed E-state index contributed by atoms with van der Waals surface area (Å²) in [6, 6.07) is 7.79. The van der Waals surface area contributed by atoms with Crippen molar-refractivity contribution in [2.75, 3.05) is 24.6 Å². The zero-order chi connectivity index (χ0) is 16.5. The number of hydrogen-bond acceptors (Lipinski definition) is 6. The van der Waals surface area contributed by atoms with Crippen LogP contribution in [0.3, 0.4) is 0 Å². The average Bonchev–Trinajstić information content (AvgIpc) is 3.07. The number of para-hydroxylation sites is 2. The zero-order valence-corrected chi connectivity index (χ0v) is 14.5. The summed E-state index contributed by atoms with van der Waals surface area (Å²) in [6.45, 7) is 6.58. The van der Waals surface area contributed by atoms with Gasteiger partial charge in [0, 0.05) is 24.0 Å². The molecule has 0 radical (unpaired) electrons. The number of benzene rings is 1. The molecule has 0 amide bonds. The first-order valence-electron chi connectivity index (χ1n) is 8.17. The van der Waals surface area contributed by atoms with E-state index in [-0.39, 0.29) is 6.10 Å². The Hall–Kier alpha value is -2.34. The maximum atomic E-state index is 6.19. The van der Waals surface area contributed by atoms with E-state index >= 15 is 0 Å². The molecule has 24 heavy (non-hydrogen) atoms. The van der Waals surface area contributed by atoms with Crippen molar-refractivity contribution in [2.45, 2.75) is 20.0 Å². The number of hydrogen-bond donors (Lipinski definition) is 0. The molecular weight excluding hydrogens is 322 g/mol. The van der Waals surface area contributed by atoms with Gasteiger partial charge in [0.05, 0.1) is 5.39 Å². The van der Waals surface area contributed by atoms with Gasteiger partial charge in [-0.15, -0.1) is 11.3 Å². The third-order valence-corrected chi connectivity index (χ3v) is 5.20. The first kappa shape index (κ1) is 15.2. The summed E-state index contributed by atoms with van der Waals surface area (Å²) in [4.78, 5) is 12.2. The van der Waals surface area contributed by atoms with Gasteiger partial charge in [0.2, 0.25) is 0 Å². The van der Waals surface area contributed by atoms with Crippen LogP contribution in [0.2, 0.25) is 0 Å². The monoisotopic (exact) mass is 341 g/mol. The molecule has 0 N–H and O–H groups in total. The summed E-state index contributed by atoms with van der Waals surface area (Å²) in [6.07, 6.45) is 1.50. The lowest BCUT2D eigenvalue weighted by molar-refractivity contribution is 0.0925. The summed E-state index contributed by atoms with van der Waals surface area (Å²) in [7, 11) is 0. The van der Waals surface area contributed by atoms with Crippen LogP contribution < -0.4 is 14.4 Å². The SMILES string of the molecule is CCN(CC)c1ncnc2scc([C@@H]3COc4ccccc4O3)c12. The lowest BCUT2D eigenvalue weighted by atomic mass is 10.1. The quantitative estimate of drug-likeness (QED) is 0.716. The average molecular weight is 341 g/mol. The molecule has 0 unspecified atom stereocenters. The van der Waals surface area contributed by atoms with Crippen LogP contribution in [-0.2, 0) is 0 Å². The van der Waals surface area contributed by atoms with Crippen LogP contribution in [0.4, 0.5) is 5.82 Å². The van der Waals surface area contributed by atoms with Gasteiger partial charge in [-0.25, -0.2) is 9.97 Å². The molecule has 0 bridgehead atoms. The molecule has 3 aromatic rings. The molecule has 6 heteroatoms. The topological polar surface area (TPSA) is 47.5 Å². The Bertz CT molecular complexity index is 860. The summed E-state index contributed by atoms with van der Waals surface area (Å²) in [5.41, 5.74) is 1.10. The number of anilines is 1. The van der Waals surface area contributed by atoms with Crippen LogP contribution in [0.1, 0.15) is 25.5 Å². The predicted molar refractivity (Wildman–Crippen MR) is 96.3 cm³/mol. The van der Waals surface area contributed by atoms with Crippen LogP contribution in [-0.4, -0.2) is 29.7 Å². The fourth-order valence-electron chi connectivity index (χ4n) is 3.05. The normalized spacial score (nSPS) is 16.3. The first-order valence-corrected chi connectivity index (χ1v) is 9.05. The van der Waals surface area contributed by atoms with E-state index in [1.165, 1.54) is 0 Å². The second kappa shape index (κ2) is 6.28. The lowest BCUT2D eigenvalue weighted by Gasteiger charge is -2.27. The smallest absolute Gasteiger partial charge is 0.162 e. The van der Waals surface area contributed by atoms with Crippen molar-refractivity contribution in [1.82, 2.24) is 9.97 Å². The van der Waals surface area contributed by atoms with Gasteiger partial charge < -0.3 is 14.4 Å². The van der Waals surface area contributed by atoms with E-state index in [4.69, 9.17) is 9.47 Å². The molecule has 0 saturated carbocycles. The summed E-state index contributed by atoms with van der Waals surface area (Å²) in [5.74, 6) is 2.56. The Morgan fingerprint density at radius 3 is 2.75 bits per heavy atom. The standard InChI is InChI=1S/C18H19N3O2S/c1-3-21(4-2)17-16-12(10-24-18(16)20-11-19-17)15-9-22-13-7-5-6-8-14(13)23-15/h5-8,10-11,15H,3-4,9H2,1-2H3/t15-/m0/s1. The molecule has 2 aromatic heterocycles. The van der Waals surface area contributed by atoms with Crippen molar-refractivity contribution in [2.24, 2.45) is 0 Å². The molecule has 4 rings (SSSR count). The molecular formula is C18H19N3O2S. The van der Waals surface area contributed by atoms with Crippen LogP contribution in [0, 0.1) is 0 Å². The van der Waals surface area contributed by atoms with Crippen molar-refractivity contribution in [1.29, 1.82) is 0 Å². The number of nitrogens with zero attached hydrogens (tertiary/aromatic N) is 3. The largest absolute Gasteiger partial charge is 0.485 e. The summed E-state index contributed by atoms with van der Waals surface area (Å²) in [5, 5.41) is 3.20. The van der Waals surface area contributed by atoms with Gasteiger partial charge in [0.1, 0.15) is 23.6 Å². The molecule has 0 spiro atoms. The molecule has 1 aliphatic rings. The molecule has 3 heterocycles. The van der Waals surface area contributed by atoms with E-state index in [1.54, 1.807) is 17.7 Å². The van der Waals surface area contributed by atoms with E-state index in [1.807, 2.05) is 24.3 Å². The maximum absolute atomic E-state index is 6.19. The number of aromatic nitrogens is 2. The van der Waals surface area contributed by atoms with E-state index in [9.17, 15) is 0 Å². The van der Waals surface area contributed by atoms with E-state index in [2.05, 4.69) is 34.1 Å².